The van der Waals surface area contributed by atoms with Crippen molar-refractivity contribution in [1.29, 1.82) is 0 Å². The minimum Gasteiger partial charge on any atom is -0.870 e. The molecule has 14 aliphatic carbocycles. The molecule has 14 rings (SSSR count). The minimum atomic E-state index is -0.999. The molecule has 0 bridgehead atoms. The third-order valence-corrected chi connectivity index (χ3v) is 38.4. The average molecular weight is 2390 g/mol. The molecule has 16 N–H and O–H groups in total. The van der Waals surface area contributed by atoms with Crippen LogP contribution in [0.2, 0.25) is 0 Å². The van der Waals surface area contributed by atoms with Crippen molar-refractivity contribution in [2.75, 3.05) is 39.3 Å². The largest absolute Gasteiger partial charge is 2.00 e. The SMILES string of the molecule is C.CC(C)CCC[C@@H](C)[C@H]1CCC2C3CC=C4C[C@@H](OC(=O)NCCNC(=O)CCC(=O)O)CC[C@]4(C)C3CC[C@@]21C.CC(C)CCC[C@@H](C)[C@H]1CCC2C3CC=C4C[C@@H](OC(=O)NCCNC(=O)CC[C-]=O)CC[C@]4(C)C3CC[C@@]21C.CC(C)CCC[C@H](C)[C@@H]1CCC2C3CC=C4C[C@H](OC(=O)NCCNC(=O)CCC(=O)O)CC[C@@]4(C)C3CCC21.O.O.[2HH].[B].[CH2-]C1CCCCC1[NH-].[Li+].[NH-]C1CCCCC1[NH-].[OH-].[Pt+2].[Pt+2]. The van der Waals surface area contributed by atoms with E-state index in [0.29, 0.717) is 29.8 Å². The van der Waals surface area contributed by atoms with E-state index in [4.69, 9.17) is 41.6 Å². The van der Waals surface area contributed by atoms with Crippen LogP contribution in [0.1, 0.15) is 408 Å². The molecule has 0 saturated heterocycles. The second-order valence-electron chi connectivity index (χ2n) is 48.4. The Bertz CT molecular complexity index is 3950. The van der Waals surface area contributed by atoms with Gasteiger partial charge in [0.25, 0.3) is 0 Å². The third-order valence-electron chi connectivity index (χ3n) is 38.4. The summed E-state index contributed by atoms with van der Waals surface area (Å²) in [5, 5.41) is 33.4. The molecule has 833 valence electrons. The van der Waals surface area contributed by atoms with Gasteiger partial charge in [0.05, 0.1) is 12.8 Å². The van der Waals surface area contributed by atoms with Crippen LogP contribution in [-0.2, 0) is 85.1 Å². The first-order chi connectivity index (χ1) is 65.2. The van der Waals surface area contributed by atoms with Crippen LogP contribution in [-0.4, -0.2) is 165 Å². The van der Waals surface area contributed by atoms with Gasteiger partial charge in [0.1, 0.15) is 18.3 Å². The van der Waals surface area contributed by atoms with Gasteiger partial charge in [-0.25, -0.2) is 14.4 Å². The van der Waals surface area contributed by atoms with Crippen molar-refractivity contribution in [3.05, 3.63) is 59.1 Å². The van der Waals surface area contributed by atoms with Crippen LogP contribution in [0.15, 0.2) is 34.9 Å². The van der Waals surface area contributed by atoms with E-state index < -0.39 is 30.2 Å². The van der Waals surface area contributed by atoms with Crippen LogP contribution in [0, 0.1) is 152 Å². The van der Waals surface area contributed by atoms with E-state index in [1.165, 1.54) is 203 Å². The Kier molecular flexibility index (Phi) is 61.9. The van der Waals surface area contributed by atoms with Crippen molar-refractivity contribution in [2.45, 2.75) is 443 Å². The van der Waals surface area contributed by atoms with Crippen molar-refractivity contribution in [3.63, 3.8) is 0 Å². The Labute approximate surface area is 920 Å². The predicted octanol–water partition coefficient (Wildman–Crippen LogP) is 21.5. The van der Waals surface area contributed by atoms with E-state index in [2.05, 4.69) is 154 Å². The molecule has 0 heterocycles. The molecule has 11 fully saturated rings. The summed E-state index contributed by atoms with van der Waals surface area (Å²) in [5.74, 6) is 13.4. The van der Waals surface area contributed by atoms with Crippen molar-refractivity contribution < 1.29 is 146 Å². The van der Waals surface area contributed by atoms with Gasteiger partial charge < -0.3 is 102 Å². The molecular weight excluding hydrogens is 2190 g/mol. The number of amides is 6. The Morgan fingerprint density at radius 3 is 1.07 bits per heavy atom. The summed E-state index contributed by atoms with van der Waals surface area (Å²) in [6.45, 7) is 40.1. The quantitative estimate of drug-likeness (QED) is 0.00950. The number of hydrogen-bond acceptors (Lipinski definition) is 13. The normalized spacial score (nSPS) is 33.4. The Morgan fingerprint density at radius 2 is 0.731 bits per heavy atom. The van der Waals surface area contributed by atoms with Crippen molar-refractivity contribution >= 4 is 62.6 Å². The number of aliphatic carboxylic acids is 2. The maximum absolute atomic E-state index is 12.4. The van der Waals surface area contributed by atoms with Crippen LogP contribution in [0.4, 0.5) is 14.4 Å². The summed E-state index contributed by atoms with van der Waals surface area (Å²) >= 11 is 0. The topological polar surface area (TPSA) is 458 Å². The number of carbonyl (C=O) groups excluding carboxylic acids is 7. The van der Waals surface area contributed by atoms with Gasteiger partial charge in [0.2, 0.25) is 17.7 Å². The summed E-state index contributed by atoms with van der Waals surface area (Å²) < 4.78 is 17.4. The van der Waals surface area contributed by atoms with E-state index in [1.807, 2.05) is 0 Å². The first-order valence-electron chi connectivity index (χ1n) is 55.7. The second-order valence-corrected chi connectivity index (χ2v) is 48.4. The summed E-state index contributed by atoms with van der Waals surface area (Å²) in [5.41, 5.74) is 28.2. The zero-order valence-corrected chi connectivity index (χ0v) is 95.9. The molecule has 6 amide bonds. The van der Waals surface area contributed by atoms with Gasteiger partial charge in [-0.1, -0.05) is 248 Å². The van der Waals surface area contributed by atoms with Gasteiger partial charge in [0.15, 0.2) is 0 Å². The van der Waals surface area contributed by atoms with Crippen LogP contribution < -0.4 is 50.8 Å². The molecule has 0 aromatic carbocycles. The van der Waals surface area contributed by atoms with Crippen molar-refractivity contribution in [1.82, 2.24) is 31.9 Å². The van der Waals surface area contributed by atoms with Gasteiger partial charge in [-0.3, -0.25) is 30.3 Å². The standard InChI is InChI=1S/C34H56N2O5.C34H55N2O4.C33H54N2O5.C7H13N.C6H12N2.CH4.B.Li.3H2O.2Pt.H2/c1-22(2)7-6-8-23(3)27-11-12-28-26-10-9-24-21-25(15-17-33(24,4)29(26)16-18-34(27,28)5)41-32(40)36-20-19-35-30(37)13-14-31(38)39;1-23(2)8-6-9-24(3)28-13-14-29-27-12-11-25-22-26(15-17-33(25,4)30(27)16-18-34(28,29)5)40-32(39)36-20-19-35-31(38)10-7-21-37;1-21(2)6-5-7-22(3)25-10-11-27-26(25)12-13-29-28(27)9-8-23-20-24(16-17-33(23,29)4)40-32(39)35-19-18-34-30(36)14-15-31(37)38;1-6-4-2-3-5-7(6)8;7-5-3-1-2-4-6(5)8;;;;;;;;;/h9,22-23,25-29H,6-8,10-21H2,1-5H3,(H,35,37)(H,36,40)(H,38,39);11,23-24,26-30H,6-10,12-20,22H2,1-5H3,(H,35,38)(H,36,39);8,21-22,24-29H,5-7,9-20H2,1-4H3,(H,34,36)(H,35,39)(H,37,38);6-8H,1-5H2;5-8H,1-4H2;1H4;;;3*1H2;;;1H/q;-1;;2*-2;;;+1;;;;2*+2;/p-1/t23-,25+,26?,27-,28?,29?,33+,34-;24-,26+,27?,28-,29?,30?,33+,34-;22-,24+,25-,26?,27?,28?,29?,33+;;;;;;;;;;;/m110.........../s1/i;;;;;;;;;;;;;1+1. The van der Waals surface area contributed by atoms with Crippen LogP contribution in [0.5, 0.6) is 0 Å². The fourth-order valence-corrected chi connectivity index (χ4v) is 30.6. The van der Waals surface area contributed by atoms with E-state index >= 15 is 0 Å². The maximum Gasteiger partial charge on any atom is 2.00 e. The van der Waals surface area contributed by atoms with Gasteiger partial charge in [-0.2, -0.15) is 24.0 Å². The average Bonchev–Trinajstić information content (AvgIpc) is 1.47. The fourth-order valence-electron chi connectivity index (χ4n) is 30.6. The molecule has 30 heteroatoms. The molecule has 0 aromatic rings. The smallest absolute Gasteiger partial charge is 0.870 e. The molecule has 0 aliphatic heterocycles. The molecule has 145 heavy (non-hydrogen) atoms. The van der Waals surface area contributed by atoms with Crippen LogP contribution in [0.3, 0.4) is 0 Å². The summed E-state index contributed by atoms with van der Waals surface area (Å²) in [4.78, 5) is 103. The summed E-state index contributed by atoms with van der Waals surface area (Å²) in [6, 6.07) is -0.0174. The summed E-state index contributed by atoms with van der Waals surface area (Å²) in [7, 11) is 0. The number of alkyl carbamates (subject to hydrolysis) is 3. The molecule has 26 nitrogen and oxygen atoms in total. The fraction of sp³-hybridized carbons (Fsp3) is 0.861. The second kappa shape index (κ2) is 65.5. The number of hydrogen-bond donors (Lipinski definition) is 8. The van der Waals surface area contributed by atoms with Crippen molar-refractivity contribution in [2.24, 2.45) is 145 Å². The number of ether oxygens (including phenoxy) is 3. The zero-order chi connectivity index (χ0) is 99.5. The number of carbonyl (C=O) groups is 8. The van der Waals surface area contributed by atoms with Gasteiger partial charge in [-0.15, -0.1) is 6.42 Å². The van der Waals surface area contributed by atoms with Gasteiger partial charge >= 0.3 is 91.2 Å². The van der Waals surface area contributed by atoms with E-state index in [0.717, 1.165) is 189 Å². The Balaban J connectivity index is 0.000000983. The first kappa shape index (κ1) is 137. The number of carboxylic acids is 2. The van der Waals surface area contributed by atoms with Crippen LogP contribution in [0.25, 0.3) is 17.2 Å². The number of allylic oxidation sites excluding steroid dienone is 3. The number of fused-ring (bicyclic) bond motifs is 15. The van der Waals surface area contributed by atoms with Gasteiger partial charge in [0, 0.05) is 87.6 Å². The number of nitrogens with one attached hydrogen (secondary N) is 9. The zero-order valence-electron chi connectivity index (χ0n) is 91.4. The molecule has 0 spiro atoms. The van der Waals surface area contributed by atoms with E-state index in [9.17, 15) is 43.2 Å². The maximum atomic E-state index is 12.4. The Morgan fingerprint density at radius 1 is 0.407 bits per heavy atom. The monoisotopic (exact) mass is 2390 g/mol. The molecule has 14 aliphatic rings. The predicted molar refractivity (Wildman–Crippen MR) is 571 cm³/mol. The number of carboxylic acid groups (broad SMARTS) is 2. The summed E-state index contributed by atoms with van der Waals surface area (Å²) in [6.07, 6.45) is 57.7. The number of rotatable bonds is 36. The van der Waals surface area contributed by atoms with E-state index in [-0.39, 0.29) is 230 Å². The molecular formula is C115H201BLiN9O17Pt2-. The first-order valence-corrected chi connectivity index (χ1v) is 55.7. The van der Waals surface area contributed by atoms with Crippen molar-refractivity contribution in [3.8, 4) is 0 Å². The van der Waals surface area contributed by atoms with Crippen LogP contribution >= 0.6 is 0 Å². The minimum absolute atomic E-state index is 0. The molecule has 3 radical (unpaired) electrons. The van der Waals surface area contributed by atoms with E-state index in [1.54, 1.807) is 6.29 Å². The molecule has 11 saturated carbocycles. The third kappa shape index (κ3) is 38.2. The molecule has 28 atom stereocenters. The van der Waals surface area contributed by atoms with Gasteiger partial charge in [-0.05, 0) is 274 Å². The molecule has 14 unspecified atom stereocenters. The molecule has 0 aromatic heterocycles. The Hall–Kier alpha value is -4.15.